The summed E-state index contributed by atoms with van der Waals surface area (Å²) in [6.45, 7) is 3.84. The topological polar surface area (TPSA) is 41.9 Å². The van der Waals surface area contributed by atoms with Gasteiger partial charge in [-0.3, -0.25) is 4.90 Å². The van der Waals surface area contributed by atoms with Crippen molar-refractivity contribution in [3.05, 3.63) is 35.9 Å². The number of β-amino-alcohol motifs (C(OH)–C–C–N with tert-alkyl or cyclic N) is 1. The first-order valence-electron chi connectivity index (χ1n) is 9.97. The van der Waals surface area contributed by atoms with Crippen LogP contribution in [0.25, 0.3) is 0 Å². The van der Waals surface area contributed by atoms with Gasteiger partial charge in [0.25, 0.3) is 0 Å². The van der Waals surface area contributed by atoms with Crippen LogP contribution in [-0.4, -0.2) is 55.1 Å². The number of fused-ring (bicyclic) bond motifs is 1. The second kappa shape index (κ2) is 7.75. The Labute approximate surface area is 151 Å². The molecular formula is C21H31NO3. The third-order valence-electron chi connectivity index (χ3n) is 6.44. The largest absolute Gasteiger partial charge is 0.389 e. The lowest BCUT2D eigenvalue weighted by Gasteiger charge is -2.62. The fourth-order valence-corrected chi connectivity index (χ4v) is 5.13. The molecule has 4 rings (SSSR count). The molecule has 3 atom stereocenters. The number of hydrogen-bond acceptors (Lipinski definition) is 4. The smallest absolute Gasteiger partial charge is 0.0900 e. The first kappa shape index (κ1) is 17.5. The van der Waals surface area contributed by atoms with E-state index in [-0.39, 0.29) is 11.6 Å². The summed E-state index contributed by atoms with van der Waals surface area (Å²) in [6.07, 6.45) is 6.92. The average Bonchev–Trinajstić information content (AvgIpc) is 2.66. The van der Waals surface area contributed by atoms with Crippen LogP contribution in [0.3, 0.4) is 0 Å². The van der Waals surface area contributed by atoms with Gasteiger partial charge >= 0.3 is 0 Å². The molecule has 2 heterocycles. The third kappa shape index (κ3) is 3.50. The maximum absolute atomic E-state index is 10.6. The molecule has 3 fully saturated rings. The van der Waals surface area contributed by atoms with E-state index in [1.54, 1.807) is 0 Å². The van der Waals surface area contributed by atoms with Crippen LogP contribution in [0.15, 0.2) is 30.3 Å². The van der Waals surface area contributed by atoms with Crippen LogP contribution in [-0.2, 0) is 15.0 Å². The van der Waals surface area contributed by atoms with Crippen molar-refractivity contribution in [3.63, 3.8) is 0 Å². The molecule has 1 aromatic carbocycles. The van der Waals surface area contributed by atoms with Crippen molar-refractivity contribution < 1.29 is 14.6 Å². The van der Waals surface area contributed by atoms with E-state index in [2.05, 4.69) is 35.2 Å². The van der Waals surface area contributed by atoms with Crippen LogP contribution in [0.2, 0.25) is 0 Å². The SMILES string of the molecule is OC(COC1CCOCC1)CN1CC2CCCCC21c1ccccc1. The summed E-state index contributed by atoms with van der Waals surface area (Å²) in [5.74, 6) is 0.743. The van der Waals surface area contributed by atoms with Crippen LogP contribution in [0.1, 0.15) is 44.1 Å². The van der Waals surface area contributed by atoms with Gasteiger partial charge < -0.3 is 14.6 Å². The van der Waals surface area contributed by atoms with Crippen LogP contribution in [0.4, 0.5) is 0 Å². The number of rotatable bonds is 6. The summed E-state index contributed by atoms with van der Waals surface area (Å²) in [5, 5.41) is 10.6. The Kier molecular flexibility index (Phi) is 5.41. The number of aliphatic hydroxyl groups is 1. The second-order valence-electron chi connectivity index (χ2n) is 7.94. The maximum Gasteiger partial charge on any atom is 0.0900 e. The van der Waals surface area contributed by atoms with Crippen LogP contribution >= 0.6 is 0 Å². The highest BCUT2D eigenvalue weighted by Crippen LogP contribution is 2.53. The van der Waals surface area contributed by atoms with Gasteiger partial charge in [-0.25, -0.2) is 0 Å². The van der Waals surface area contributed by atoms with Gasteiger partial charge in [-0.15, -0.1) is 0 Å². The second-order valence-corrected chi connectivity index (χ2v) is 7.94. The van der Waals surface area contributed by atoms with Gasteiger partial charge in [-0.2, -0.15) is 0 Å². The van der Waals surface area contributed by atoms with Gasteiger partial charge in [0.05, 0.1) is 24.4 Å². The molecule has 4 nitrogen and oxygen atoms in total. The monoisotopic (exact) mass is 345 g/mol. The summed E-state index contributed by atoms with van der Waals surface area (Å²) in [4.78, 5) is 2.52. The summed E-state index contributed by atoms with van der Waals surface area (Å²) >= 11 is 0. The molecule has 0 spiro atoms. The summed E-state index contributed by atoms with van der Waals surface area (Å²) in [6, 6.07) is 10.9. The Balaban J connectivity index is 1.38. The molecule has 3 aliphatic rings. The molecule has 0 radical (unpaired) electrons. The first-order chi connectivity index (χ1) is 12.3. The predicted molar refractivity (Wildman–Crippen MR) is 97.5 cm³/mol. The normalized spacial score (nSPS) is 32.0. The van der Waals surface area contributed by atoms with E-state index < -0.39 is 6.10 Å². The molecule has 1 aliphatic carbocycles. The lowest BCUT2D eigenvalue weighted by molar-refractivity contribution is -0.141. The van der Waals surface area contributed by atoms with Gasteiger partial charge in [0.2, 0.25) is 0 Å². The van der Waals surface area contributed by atoms with E-state index in [9.17, 15) is 5.11 Å². The Morgan fingerprint density at radius 2 is 1.96 bits per heavy atom. The lowest BCUT2D eigenvalue weighted by Crippen LogP contribution is -2.67. The van der Waals surface area contributed by atoms with Gasteiger partial charge in [0, 0.05) is 26.3 Å². The summed E-state index contributed by atoms with van der Waals surface area (Å²) < 4.78 is 11.3. The van der Waals surface area contributed by atoms with Gasteiger partial charge in [0.1, 0.15) is 0 Å². The number of hydrogen-bond donors (Lipinski definition) is 1. The van der Waals surface area contributed by atoms with E-state index in [1.165, 1.54) is 31.2 Å². The van der Waals surface area contributed by atoms with Crippen LogP contribution < -0.4 is 0 Å². The third-order valence-corrected chi connectivity index (χ3v) is 6.44. The van der Waals surface area contributed by atoms with Crippen LogP contribution in [0.5, 0.6) is 0 Å². The highest BCUT2D eigenvalue weighted by Gasteiger charge is 2.54. The quantitative estimate of drug-likeness (QED) is 0.861. The minimum atomic E-state index is -0.411. The number of likely N-dealkylation sites (tertiary alicyclic amines) is 1. The zero-order chi connectivity index (χ0) is 17.1. The zero-order valence-electron chi connectivity index (χ0n) is 15.1. The molecule has 2 aliphatic heterocycles. The Bertz CT molecular complexity index is 545. The van der Waals surface area contributed by atoms with Crippen LogP contribution in [0, 0.1) is 5.92 Å². The molecule has 0 amide bonds. The molecule has 138 valence electrons. The molecule has 1 N–H and O–H groups in total. The van der Waals surface area contributed by atoms with E-state index in [1.807, 2.05) is 0 Å². The highest BCUT2D eigenvalue weighted by molar-refractivity contribution is 5.30. The average molecular weight is 345 g/mol. The predicted octanol–water partition coefficient (Wildman–Crippen LogP) is 2.94. The maximum atomic E-state index is 10.6. The van der Waals surface area contributed by atoms with Crippen molar-refractivity contribution in [2.75, 3.05) is 32.9 Å². The van der Waals surface area contributed by atoms with Crippen molar-refractivity contribution in [3.8, 4) is 0 Å². The minimum absolute atomic E-state index is 0.152. The molecule has 1 aromatic rings. The van der Waals surface area contributed by atoms with E-state index in [0.717, 1.165) is 38.5 Å². The van der Waals surface area contributed by atoms with Crippen molar-refractivity contribution >= 4 is 0 Å². The minimum Gasteiger partial charge on any atom is -0.389 e. The first-order valence-corrected chi connectivity index (χ1v) is 9.97. The molecule has 25 heavy (non-hydrogen) atoms. The van der Waals surface area contributed by atoms with Gasteiger partial charge in [-0.1, -0.05) is 43.2 Å². The Morgan fingerprint density at radius 1 is 1.16 bits per heavy atom. The fraction of sp³-hybridized carbons (Fsp3) is 0.714. The number of ether oxygens (including phenoxy) is 2. The fourth-order valence-electron chi connectivity index (χ4n) is 5.13. The molecule has 0 bridgehead atoms. The molecular weight excluding hydrogens is 314 g/mol. The number of benzene rings is 1. The molecule has 3 unspecified atom stereocenters. The van der Waals surface area contributed by atoms with Crippen molar-refractivity contribution in [1.82, 2.24) is 4.90 Å². The number of aliphatic hydroxyl groups excluding tert-OH is 1. The molecule has 1 saturated carbocycles. The lowest BCUT2D eigenvalue weighted by atomic mass is 9.61. The Hall–Kier alpha value is -0.940. The van der Waals surface area contributed by atoms with Crippen molar-refractivity contribution in [2.45, 2.75) is 56.3 Å². The molecule has 4 heteroatoms. The van der Waals surface area contributed by atoms with Crippen molar-refractivity contribution in [1.29, 1.82) is 0 Å². The summed E-state index contributed by atoms with van der Waals surface area (Å²) in [5.41, 5.74) is 1.59. The van der Waals surface area contributed by atoms with Gasteiger partial charge in [-0.05, 0) is 37.2 Å². The van der Waals surface area contributed by atoms with Gasteiger partial charge in [0.15, 0.2) is 0 Å². The van der Waals surface area contributed by atoms with Crippen molar-refractivity contribution in [2.24, 2.45) is 5.92 Å². The number of nitrogens with zero attached hydrogens (tertiary/aromatic N) is 1. The molecule has 2 saturated heterocycles. The van der Waals surface area contributed by atoms with E-state index in [4.69, 9.17) is 9.47 Å². The highest BCUT2D eigenvalue weighted by atomic mass is 16.5. The van der Waals surface area contributed by atoms with E-state index >= 15 is 0 Å². The zero-order valence-corrected chi connectivity index (χ0v) is 15.1. The summed E-state index contributed by atoms with van der Waals surface area (Å²) in [7, 11) is 0. The van der Waals surface area contributed by atoms with E-state index in [0.29, 0.717) is 13.2 Å². The molecule has 0 aromatic heterocycles. The Morgan fingerprint density at radius 3 is 2.72 bits per heavy atom. The standard InChI is InChI=1S/C21H31NO3/c23-19(16-25-20-9-12-24-13-10-20)15-22-14-18-8-4-5-11-21(18,22)17-6-2-1-3-7-17/h1-3,6-7,18-20,23H,4-5,8-16H2.